The van der Waals surface area contributed by atoms with Gasteiger partial charge in [0.05, 0.1) is 5.92 Å². The third kappa shape index (κ3) is 7.42. The smallest absolute Gasteiger partial charge is 0.320 e. The molecular formula is C24H40N6O3. The van der Waals surface area contributed by atoms with Gasteiger partial charge in [-0.05, 0) is 71.2 Å². The number of carbonyl (C=O) groups is 2. The van der Waals surface area contributed by atoms with Crippen LogP contribution < -0.4 is 20.9 Å². The van der Waals surface area contributed by atoms with E-state index >= 15 is 0 Å². The molecule has 0 radical (unpaired) electrons. The summed E-state index contributed by atoms with van der Waals surface area (Å²) < 4.78 is 0. The van der Waals surface area contributed by atoms with Crippen molar-refractivity contribution in [3.05, 3.63) is 24.7 Å². The lowest BCUT2D eigenvalue weighted by Crippen LogP contribution is -2.36. The maximum atomic E-state index is 11.9. The first-order chi connectivity index (χ1) is 15.8. The zero-order valence-electron chi connectivity index (χ0n) is 20.4. The number of carboxylic acid groups (broad SMARTS) is 1. The van der Waals surface area contributed by atoms with E-state index in [2.05, 4.69) is 46.3 Å². The van der Waals surface area contributed by atoms with Gasteiger partial charge in [0, 0.05) is 18.2 Å². The Hall–Kier alpha value is -2.68. The summed E-state index contributed by atoms with van der Waals surface area (Å²) >= 11 is 0. The highest BCUT2D eigenvalue weighted by atomic mass is 16.4. The quantitative estimate of drug-likeness (QED) is 0.354. The summed E-state index contributed by atoms with van der Waals surface area (Å²) in [5.74, 6) is 0.975. The fraction of sp³-hybridized carbons (Fsp3) is 0.667. The topological polar surface area (TPSA) is 119 Å². The van der Waals surface area contributed by atoms with Gasteiger partial charge in [0.15, 0.2) is 0 Å². The van der Waals surface area contributed by atoms with Crippen molar-refractivity contribution in [3.8, 4) is 0 Å². The minimum Gasteiger partial charge on any atom is -0.481 e. The van der Waals surface area contributed by atoms with E-state index in [0.717, 1.165) is 56.6 Å². The van der Waals surface area contributed by atoms with Crippen molar-refractivity contribution < 1.29 is 14.7 Å². The van der Waals surface area contributed by atoms with Crippen LogP contribution in [0, 0.1) is 24.7 Å². The number of rotatable bonds is 13. The molecule has 1 heterocycles. The fourth-order valence-electron chi connectivity index (χ4n) is 4.68. The molecule has 0 saturated heterocycles. The Bertz CT molecular complexity index is 802. The molecule has 1 saturated carbocycles. The fourth-order valence-corrected chi connectivity index (χ4v) is 4.68. The molecule has 1 aromatic heterocycles. The molecule has 1 fully saturated rings. The molecule has 2 rings (SSSR count). The van der Waals surface area contributed by atoms with Crippen molar-refractivity contribution >= 4 is 23.6 Å². The molecule has 1 aliphatic carbocycles. The standard InChI is InChI=1S/C24H40N6O3/c1-6-18(13-25-14-19-10-9-11-20(19)23(31)32)12-16(4)30(8-3)22-17(5)21(27-15-28-22)29-24(33)26-7-2/h8,15-16,18-20,25H,3,6-7,9-14H2,1-2,4-5H3,(H,31,32)(H2,26,27,28,29,33). The zero-order valence-corrected chi connectivity index (χ0v) is 20.4. The second kappa shape index (κ2) is 13.1. The van der Waals surface area contributed by atoms with Gasteiger partial charge in [-0.25, -0.2) is 14.8 Å². The van der Waals surface area contributed by atoms with Crippen LogP contribution in [0.15, 0.2) is 19.1 Å². The van der Waals surface area contributed by atoms with E-state index in [1.807, 2.05) is 18.7 Å². The zero-order chi connectivity index (χ0) is 24.4. The van der Waals surface area contributed by atoms with Crippen molar-refractivity contribution in [1.29, 1.82) is 0 Å². The first-order valence-electron chi connectivity index (χ1n) is 12.0. The number of hydrogen-bond donors (Lipinski definition) is 4. The molecule has 1 aromatic rings. The third-order valence-electron chi connectivity index (χ3n) is 6.61. The lowest BCUT2D eigenvalue weighted by molar-refractivity contribution is -0.142. The molecule has 4 unspecified atom stereocenters. The molecule has 9 nitrogen and oxygen atoms in total. The van der Waals surface area contributed by atoms with Crippen molar-refractivity contribution in [2.75, 3.05) is 29.9 Å². The van der Waals surface area contributed by atoms with Gasteiger partial charge in [-0.3, -0.25) is 10.1 Å². The molecule has 2 amide bonds. The largest absolute Gasteiger partial charge is 0.481 e. The Balaban J connectivity index is 1.98. The van der Waals surface area contributed by atoms with Gasteiger partial charge in [-0.2, -0.15) is 0 Å². The maximum absolute atomic E-state index is 11.9. The monoisotopic (exact) mass is 460 g/mol. The predicted octanol–water partition coefficient (Wildman–Crippen LogP) is 3.77. The van der Waals surface area contributed by atoms with Crippen LogP contribution in [0.25, 0.3) is 0 Å². The van der Waals surface area contributed by atoms with Gasteiger partial charge in [0.1, 0.15) is 18.0 Å². The van der Waals surface area contributed by atoms with Crippen LogP contribution in [0.1, 0.15) is 58.4 Å². The van der Waals surface area contributed by atoms with Crippen LogP contribution in [-0.2, 0) is 4.79 Å². The highest BCUT2D eigenvalue weighted by Gasteiger charge is 2.32. The van der Waals surface area contributed by atoms with Crippen LogP contribution in [0.4, 0.5) is 16.4 Å². The van der Waals surface area contributed by atoms with E-state index in [0.29, 0.717) is 18.3 Å². The third-order valence-corrected chi connectivity index (χ3v) is 6.61. The highest BCUT2D eigenvalue weighted by Crippen LogP contribution is 2.31. The van der Waals surface area contributed by atoms with E-state index < -0.39 is 5.97 Å². The normalized spacial score (nSPS) is 19.5. The molecule has 184 valence electrons. The molecule has 4 atom stereocenters. The number of aliphatic carboxylic acids is 1. The van der Waals surface area contributed by atoms with E-state index in [1.54, 1.807) is 6.20 Å². The van der Waals surface area contributed by atoms with E-state index in [1.165, 1.54) is 6.33 Å². The molecule has 0 aromatic carbocycles. The van der Waals surface area contributed by atoms with Crippen molar-refractivity contribution in [3.63, 3.8) is 0 Å². The number of carbonyl (C=O) groups excluding carboxylic acids is 1. The molecule has 1 aliphatic rings. The van der Waals surface area contributed by atoms with Gasteiger partial charge in [0.25, 0.3) is 0 Å². The number of amides is 2. The first kappa shape index (κ1) is 26.6. The van der Waals surface area contributed by atoms with E-state index in [9.17, 15) is 14.7 Å². The Morgan fingerprint density at radius 2 is 2.09 bits per heavy atom. The highest BCUT2D eigenvalue weighted by molar-refractivity contribution is 5.89. The van der Waals surface area contributed by atoms with Gasteiger partial charge in [0.2, 0.25) is 0 Å². The molecule has 0 aliphatic heterocycles. The molecule has 33 heavy (non-hydrogen) atoms. The Morgan fingerprint density at radius 3 is 2.73 bits per heavy atom. The molecule has 0 bridgehead atoms. The Kier molecular flexibility index (Phi) is 10.6. The number of carboxylic acids is 1. The number of nitrogens with zero attached hydrogens (tertiary/aromatic N) is 3. The van der Waals surface area contributed by atoms with Gasteiger partial charge >= 0.3 is 12.0 Å². The summed E-state index contributed by atoms with van der Waals surface area (Å²) in [5, 5.41) is 18.4. The minimum absolute atomic E-state index is 0.137. The summed E-state index contributed by atoms with van der Waals surface area (Å²) in [7, 11) is 0. The Morgan fingerprint density at radius 1 is 1.33 bits per heavy atom. The number of anilines is 2. The SMILES string of the molecule is C=CN(c1ncnc(NC(=O)NCC)c1C)C(C)CC(CC)CNCC1CCCC1C(=O)O. The van der Waals surface area contributed by atoms with Crippen molar-refractivity contribution in [1.82, 2.24) is 20.6 Å². The van der Waals surface area contributed by atoms with Crippen LogP contribution >= 0.6 is 0 Å². The summed E-state index contributed by atoms with van der Waals surface area (Å²) in [6.45, 7) is 14.2. The maximum Gasteiger partial charge on any atom is 0.320 e. The summed E-state index contributed by atoms with van der Waals surface area (Å²) in [6.07, 6.45) is 7.94. The van der Waals surface area contributed by atoms with E-state index in [-0.39, 0.29) is 23.9 Å². The minimum atomic E-state index is -0.664. The first-order valence-corrected chi connectivity index (χ1v) is 12.0. The molecule has 9 heteroatoms. The lowest BCUT2D eigenvalue weighted by atomic mass is 9.94. The number of aromatic nitrogens is 2. The number of nitrogens with one attached hydrogen (secondary N) is 3. The average molecular weight is 461 g/mol. The summed E-state index contributed by atoms with van der Waals surface area (Å²) in [4.78, 5) is 34.0. The van der Waals surface area contributed by atoms with E-state index in [4.69, 9.17) is 0 Å². The predicted molar refractivity (Wildman–Crippen MR) is 131 cm³/mol. The van der Waals surface area contributed by atoms with Gasteiger partial charge in [-0.1, -0.05) is 26.3 Å². The van der Waals surface area contributed by atoms with Crippen molar-refractivity contribution in [2.24, 2.45) is 17.8 Å². The second-order valence-electron chi connectivity index (χ2n) is 8.90. The van der Waals surface area contributed by atoms with Crippen LogP contribution in [0.2, 0.25) is 0 Å². The Labute approximate surface area is 197 Å². The van der Waals surface area contributed by atoms with Gasteiger partial charge in [-0.15, -0.1) is 0 Å². The van der Waals surface area contributed by atoms with Crippen LogP contribution in [0.3, 0.4) is 0 Å². The summed E-state index contributed by atoms with van der Waals surface area (Å²) in [6, 6.07) is -0.161. The van der Waals surface area contributed by atoms with Crippen molar-refractivity contribution in [2.45, 2.75) is 65.8 Å². The van der Waals surface area contributed by atoms with Crippen LogP contribution in [-0.4, -0.2) is 52.8 Å². The van der Waals surface area contributed by atoms with Gasteiger partial charge < -0.3 is 20.6 Å². The lowest BCUT2D eigenvalue weighted by Gasteiger charge is -2.31. The second-order valence-corrected chi connectivity index (χ2v) is 8.90. The average Bonchev–Trinajstić information content (AvgIpc) is 3.25. The number of hydrogen-bond acceptors (Lipinski definition) is 6. The molecule has 4 N–H and O–H groups in total. The van der Waals surface area contributed by atoms with Crippen LogP contribution in [0.5, 0.6) is 0 Å². The number of urea groups is 1. The summed E-state index contributed by atoms with van der Waals surface area (Å²) in [5.41, 5.74) is 0.780. The molecular weight excluding hydrogens is 420 g/mol. The molecule has 0 spiro atoms.